The lowest BCUT2D eigenvalue weighted by Gasteiger charge is -2.38. The molecule has 1 saturated heterocycles. The molecule has 0 radical (unpaired) electrons. The van der Waals surface area contributed by atoms with Gasteiger partial charge in [-0.15, -0.1) is 0 Å². The number of hydrogen-bond donors (Lipinski definition) is 2. The fourth-order valence-corrected chi connectivity index (χ4v) is 3.39. The quantitative estimate of drug-likeness (QED) is 0.728. The van der Waals surface area contributed by atoms with E-state index in [1.54, 1.807) is 0 Å². The molecule has 5 heteroatoms. The molecule has 18 heavy (non-hydrogen) atoms. The van der Waals surface area contributed by atoms with Crippen LogP contribution in [0.1, 0.15) is 32.1 Å². The van der Waals surface area contributed by atoms with Gasteiger partial charge in [0.25, 0.3) is 5.91 Å². The van der Waals surface area contributed by atoms with E-state index in [1.807, 2.05) is 0 Å². The predicted octanol–water partition coefficient (Wildman–Crippen LogP) is -0.0360. The molecule has 1 aliphatic carbocycles. The van der Waals surface area contributed by atoms with Crippen LogP contribution in [-0.2, 0) is 9.53 Å². The Morgan fingerprint density at radius 2 is 1.94 bits per heavy atom. The summed E-state index contributed by atoms with van der Waals surface area (Å²) in [6.07, 6.45) is 5.96. The first-order valence-electron chi connectivity index (χ1n) is 6.90. The van der Waals surface area contributed by atoms with Crippen molar-refractivity contribution in [2.45, 2.75) is 32.1 Å². The number of methoxy groups -OCH3 is 1. The van der Waals surface area contributed by atoms with Crippen LogP contribution < -0.4 is 10.2 Å². The minimum absolute atomic E-state index is 0.230. The average Bonchev–Trinajstić information content (AvgIpc) is 2.38. The Morgan fingerprint density at radius 3 is 2.67 bits per heavy atom. The van der Waals surface area contributed by atoms with Crippen LogP contribution in [0.4, 0.5) is 4.79 Å². The molecule has 2 N–H and O–H groups in total. The van der Waals surface area contributed by atoms with E-state index in [-0.39, 0.29) is 5.91 Å². The van der Waals surface area contributed by atoms with Crippen molar-refractivity contribution in [2.75, 3.05) is 26.7 Å². The molecule has 1 heterocycles. The van der Waals surface area contributed by atoms with Crippen molar-refractivity contribution in [2.24, 2.45) is 11.8 Å². The molecule has 0 spiro atoms. The molecule has 1 aliphatic heterocycles. The van der Waals surface area contributed by atoms with E-state index in [1.165, 1.54) is 44.1 Å². The molecule has 2 aliphatic rings. The number of ether oxygens (including phenoxy) is 1. The zero-order valence-corrected chi connectivity index (χ0v) is 11.0. The molecular weight excluding hydrogens is 232 g/mol. The van der Waals surface area contributed by atoms with E-state index in [4.69, 9.17) is 0 Å². The molecule has 3 atom stereocenters. The summed E-state index contributed by atoms with van der Waals surface area (Å²) in [6, 6.07) is 0. The number of fused-ring (bicyclic) bond motifs is 1. The van der Waals surface area contributed by atoms with Gasteiger partial charge in [0, 0.05) is 5.92 Å². The van der Waals surface area contributed by atoms with Crippen molar-refractivity contribution in [3.63, 3.8) is 0 Å². The van der Waals surface area contributed by atoms with Gasteiger partial charge in [0.15, 0.2) is 6.54 Å². The lowest BCUT2D eigenvalue weighted by molar-refractivity contribution is -0.902. The van der Waals surface area contributed by atoms with Crippen LogP contribution in [0, 0.1) is 11.8 Å². The number of amides is 2. The highest BCUT2D eigenvalue weighted by Crippen LogP contribution is 2.32. The molecule has 2 rings (SSSR count). The topological polar surface area (TPSA) is 59.8 Å². The Labute approximate surface area is 108 Å². The number of hydrogen-bond acceptors (Lipinski definition) is 3. The third kappa shape index (κ3) is 3.45. The zero-order valence-electron chi connectivity index (χ0n) is 11.0. The Bertz CT molecular complexity index is 319. The Kier molecular flexibility index (Phi) is 4.58. The monoisotopic (exact) mass is 255 g/mol. The first-order chi connectivity index (χ1) is 8.69. The highest BCUT2D eigenvalue weighted by molar-refractivity contribution is 5.92. The van der Waals surface area contributed by atoms with Crippen molar-refractivity contribution < 1.29 is 19.2 Å². The van der Waals surface area contributed by atoms with Crippen molar-refractivity contribution in [1.29, 1.82) is 0 Å². The highest BCUT2D eigenvalue weighted by Gasteiger charge is 2.34. The molecule has 2 amide bonds. The number of nitrogens with one attached hydrogen (secondary N) is 2. The van der Waals surface area contributed by atoms with E-state index >= 15 is 0 Å². The largest absolute Gasteiger partial charge is 0.453 e. The van der Waals surface area contributed by atoms with Crippen LogP contribution in [0.25, 0.3) is 0 Å². The molecule has 0 aromatic rings. The second-order valence-corrected chi connectivity index (χ2v) is 5.51. The van der Waals surface area contributed by atoms with Gasteiger partial charge in [-0.1, -0.05) is 12.8 Å². The summed E-state index contributed by atoms with van der Waals surface area (Å²) >= 11 is 0. The minimum atomic E-state index is -0.660. The number of imide groups is 1. The SMILES string of the molecule is COC(=O)NC(=O)C[NH+]1CC[C@H]2CCCC[C@@H]2C1. The standard InChI is InChI=1S/C13H22N2O3/c1-18-13(17)14-12(16)9-15-7-6-10-4-2-3-5-11(10)8-15/h10-11H,2-9H2,1H3,(H,14,16,17)/p+1/t10-,11-/m1/s1. The van der Waals surface area contributed by atoms with Gasteiger partial charge >= 0.3 is 6.09 Å². The molecule has 1 saturated carbocycles. The van der Waals surface area contributed by atoms with Gasteiger partial charge in [0.05, 0.1) is 20.2 Å². The lowest BCUT2D eigenvalue weighted by atomic mass is 9.75. The second-order valence-electron chi connectivity index (χ2n) is 5.51. The fraction of sp³-hybridized carbons (Fsp3) is 0.846. The lowest BCUT2D eigenvalue weighted by Crippen LogP contribution is -3.15. The number of rotatable bonds is 2. The third-order valence-corrected chi connectivity index (χ3v) is 4.32. The molecule has 0 aromatic heterocycles. The second kappa shape index (κ2) is 6.18. The van der Waals surface area contributed by atoms with Crippen molar-refractivity contribution in [3.8, 4) is 0 Å². The van der Waals surface area contributed by atoms with Gasteiger partial charge in [0.1, 0.15) is 0 Å². The first kappa shape index (κ1) is 13.3. The van der Waals surface area contributed by atoms with Gasteiger partial charge in [-0.05, 0) is 25.2 Å². The van der Waals surface area contributed by atoms with Gasteiger partial charge in [-0.3, -0.25) is 10.1 Å². The van der Waals surface area contributed by atoms with E-state index in [0.29, 0.717) is 6.54 Å². The van der Waals surface area contributed by atoms with E-state index in [0.717, 1.165) is 24.9 Å². The van der Waals surface area contributed by atoms with Gasteiger partial charge in [-0.25, -0.2) is 4.79 Å². The fourth-order valence-electron chi connectivity index (χ4n) is 3.39. The summed E-state index contributed by atoms with van der Waals surface area (Å²) in [5.41, 5.74) is 0. The normalized spacial score (nSPS) is 31.3. The minimum Gasteiger partial charge on any atom is -0.453 e. The number of alkyl carbamates (subject to hydrolysis) is 1. The summed E-state index contributed by atoms with van der Waals surface area (Å²) in [5.74, 6) is 1.44. The molecule has 2 fully saturated rings. The summed E-state index contributed by atoms with van der Waals surface area (Å²) in [6.45, 7) is 2.52. The van der Waals surface area contributed by atoms with Crippen LogP contribution in [0.2, 0.25) is 0 Å². The third-order valence-electron chi connectivity index (χ3n) is 4.32. The Balaban J connectivity index is 1.77. The maximum absolute atomic E-state index is 11.6. The van der Waals surface area contributed by atoms with Crippen molar-refractivity contribution in [3.05, 3.63) is 0 Å². The Morgan fingerprint density at radius 1 is 1.22 bits per heavy atom. The van der Waals surface area contributed by atoms with E-state index in [9.17, 15) is 9.59 Å². The number of piperidine rings is 1. The van der Waals surface area contributed by atoms with Crippen LogP contribution in [0.15, 0.2) is 0 Å². The van der Waals surface area contributed by atoms with Crippen LogP contribution in [0.5, 0.6) is 0 Å². The number of carbonyl (C=O) groups excluding carboxylic acids is 2. The Hall–Kier alpha value is -1.10. The van der Waals surface area contributed by atoms with Crippen LogP contribution in [-0.4, -0.2) is 38.7 Å². The molecular formula is C13H23N2O3+. The summed E-state index contributed by atoms with van der Waals surface area (Å²) in [7, 11) is 1.27. The van der Waals surface area contributed by atoms with E-state index in [2.05, 4.69) is 10.1 Å². The van der Waals surface area contributed by atoms with Gasteiger partial charge in [-0.2, -0.15) is 0 Å². The van der Waals surface area contributed by atoms with Gasteiger partial charge in [0.2, 0.25) is 0 Å². The molecule has 0 aromatic carbocycles. The van der Waals surface area contributed by atoms with Crippen molar-refractivity contribution >= 4 is 12.0 Å². The number of quaternary nitrogens is 1. The molecule has 5 nitrogen and oxygen atoms in total. The number of carbonyl (C=O) groups is 2. The maximum Gasteiger partial charge on any atom is 0.413 e. The van der Waals surface area contributed by atoms with Crippen molar-refractivity contribution in [1.82, 2.24) is 5.32 Å². The maximum atomic E-state index is 11.6. The van der Waals surface area contributed by atoms with Crippen LogP contribution >= 0.6 is 0 Å². The van der Waals surface area contributed by atoms with Crippen LogP contribution in [0.3, 0.4) is 0 Å². The molecule has 1 unspecified atom stereocenters. The smallest absolute Gasteiger partial charge is 0.413 e. The van der Waals surface area contributed by atoms with Gasteiger partial charge < -0.3 is 9.64 Å². The number of likely N-dealkylation sites (tertiary alicyclic amines) is 1. The molecule has 0 bridgehead atoms. The average molecular weight is 255 g/mol. The predicted molar refractivity (Wildman–Crippen MR) is 66.2 cm³/mol. The summed E-state index contributed by atoms with van der Waals surface area (Å²) < 4.78 is 4.42. The zero-order chi connectivity index (χ0) is 13.0. The first-order valence-corrected chi connectivity index (χ1v) is 6.90. The molecule has 102 valence electrons. The highest BCUT2D eigenvalue weighted by atomic mass is 16.5. The summed E-state index contributed by atoms with van der Waals surface area (Å²) in [4.78, 5) is 23.8. The summed E-state index contributed by atoms with van der Waals surface area (Å²) in [5, 5.41) is 2.23. The van der Waals surface area contributed by atoms with E-state index < -0.39 is 6.09 Å².